The summed E-state index contributed by atoms with van der Waals surface area (Å²) >= 11 is 0.955. The number of nitrogens with one attached hydrogen (secondary N) is 1. The van der Waals surface area contributed by atoms with E-state index in [-0.39, 0.29) is 31.0 Å². The Morgan fingerprint density at radius 2 is 1.52 bits per heavy atom. The maximum atomic E-state index is 13.8. The predicted molar refractivity (Wildman–Crippen MR) is 237 cm³/mol. The molecule has 3 aliphatic carbocycles. The third kappa shape index (κ3) is 10.4. The summed E-state index contributed by atoms with van der Waals surface area (Å²) in [5.41, 5.74) is -7.15. The van der Waals surface area contributed by atoms with Gasteiger partial charge in [-0.2, -0.15) is 11.8 Å². The normalized spacial score (nSPS) is 36.9. The molecule has 0 radical (unpaired) electrons. The van der Waals surface area contributed by atoms with Crippen LogP contribution in [-0.4, -0.2) is 160 Å². The van der Waals surface area contributed by atoms with Gasteiger partial charge in [0.05, 0.1) is 54.4 Å². The first-order valence-corrected chi connectivity index (χ1v) is 23.7. The Balaban J connectivity index is 1.48. The van der Waals surface area contributed by atoms with Gasteiger partial charge in [-0.1, -0.05) is 88.4 Å². The Hall–Kier alpha value is -2.38. The summed E-state index contributed by atoms with van der Waals surface area (Å²) in [5.74, 6) is -4.34. The van der Waals surface area contributed by atoms with Gasteiger partial charge in [0.15, 0.2) is 30.8 Å². The van der Waals surface area contributed by atoms with Crippen LogP contribution in [0.3, 0.4) is 0 Å². The van der Waals surface area contributed by atoms with Crippen molar-refractivity contribution >= 4 is 17.7 Å². The zero-order chi connectivity index (χ0) is 48.7. The van der Waals surface area contributed by atoms with Crippen LogP contribution in [0.2, 0.25) is 0 Å². The van der Waals surface area contributed by atoms with Crippen molar-refractivity contribution in [2.45, 2.75) is 165 Å². The molecule has 18 nitrogen and oxygen atoms in total. The number of benzene rings is 2. The second kappa shape index (κ2) is 20.5. The number of ether oxygens (including phenoxy) is 6. The lowest BCUT2D eigenvalue weighted by Crippen LogP contribution is -2.83. The van der Waals surface area contributed by atoms with Gasteiger partial charge in [-0.05, 0) is 32.3 Å². The van der Waals surface area contributed by atoms with Crippen molar-refractivity contribution in [1.82, 2.24) is 5.32 Å². The van der Waals surface area contributed by atoms with Crippen LogP contribution in [0.4, 0.5) is 0 Å². The molecule has 19 heteroatoms. The summed E-state index contributed by atoms with van der Waals surface area (Å²) in [4.78, 5) is 13.0. The van der Waals surface area contributed by atoms with Crippen molar-refractivity contribution in [3.05, 3.63) is 71.8 Å². The van der Waals surface area contributed by atoms with E-state index in [1.165, 1.54) is 6.92 Å². The molecule has 2 bridgehead atoms. The fourth-order valence-corrected chi connectivity index (χ4v) is 11.9. The van der Waals surface area contributed by atoms with Crippen LogP contribution >= 0.6 is 11.8 Å². The quantitative estimate of drug-likeness (QED) is 0.0739. The monoisotopic (exact) mass is 953 g/mol. The van der Waals surface area contributed by atoms with Gasteiger partial charge >= 0.3 is 5.97 Å². The smallest absolute Gasteiger partial charge is 0.303 e. The molecule has 1 saturated heterocycles. The fraction of sp³-hybridized carbons (Fsp3) is 0.723. The molecule has 6 rings (SSSR count). The highest BCUT2D eigenvalue weighted by molar-refractivity contribution is 7.99. The molecule has 3 saturated carbocycles. The van der Waals surface area contributed by atoms with E-state index in [9.17, 15) is 55.9 Å². The van der Waals surface area contributed by atoms with E-state index in [2.05, 4.69) is 5.32 Å². The van der Waals surface area contributed by atoms with E-state index >= 15 is 0 Å². The van der Waals surface area contributed by atoms with Crippen molar-refractivity contribution < 1.29 is 84.3 Å². The minimum absolute atomic E-state index is 0.101. The van der Waals surface area contributed by atoms with E-state index < -0.39 is 132 Å². The Morgan fingerprint density at radius 3 is 2.06 bits per heavy atom. The summed E-state index contributed by atoms with van der Waals surface area (Å²) in [6.45, 7) is 12.8. The standard InChI is InChI=1S/C47H71NO17S/c1-24-28(61-41(57)36(62-32(53)22-66-21-31(51)52)34(26-15-11-9-12-16-26)48-42(58)65-43(3,4)5)20-47(59)39(63-40(56)27-17-13-10-14-18-27)37-45(8,38(55)35(54)33(24)44(47,6)7)29(50)19-30-46(37,23-60-30)64-25(2)49/h9-18,24,28-42,48,50-59H,19-23H2,1-8H3/t24?,28-,29?,30?,32?,33?,34-,35?,36+,37-,38?,39-,40?,41?,42?,45?,46-,47?/m0/s1. The van der Waals surface area contributed by atoms with E-state index in [0.29, 0.717) is 11.1 Å². The van der Waals surface area contributed by atoms with E-state index in [1.54, 1.807) is 109 Å². The number of aliphatic hydroxyl groups is 10. The largest absolute Gasteiger partial charge is 0.454 e. The summed E-state index contributed by atoms with van der Waals surface area (Å²) in [7, 11) is 0. The molecule has 0 amide bonds. The number of hydrogen-bond acceptors (Lipinski definition) is 19. The second-order valence-corrected chi connectivity index (χ2v) is 21.3. The Kier molecular flexibility index (Phi) is 16.5. The number of fused-ring (bicyclic) bond motifs is 5. The maximum Gasteiger partial charge on any atom is 0.303 e. The zero-order valence-corrected chi connectivity index (χ0v) is 39.6. The molecule has 1 aliphatic heterocycles. The van der Waals surface area contributed by atoms with Crippen LogP contribution < -0.4 is 5.32 Å². The number of hydrogen-bond donors (Lipinski definition) is 11. The summed E-state index contributed by atoms with van der Waals surface area (Å²) < 4.78 is 37.2. The molecule has 66 heavy (non-hydrogen) atoms. The van der Waals surface area contributed by atoms with Crippen molar-refractivity contribution in [2.75, 3.05) is 18.1 Å². The average Bonchev–Trinajstić information content (AvgIpc) is 3.23. The van der Waals surface area contributed by atoms with Crippen molar-refractivity contribution in [1.29, 1.82) is 0 Å². The third-order valence-corrected chi connectivity index (χ3v) is 15.6. The van der Waals surface area contributed by atoms with Crippen molar-refractivity contribution in [3.63, 3.8) is 0 Å². The molecular formula is C47H71NO17S. The summed E-state index contributed by atoms with van der Waals surface area (Å²) in [5, 5.41) is 120. The molecule has 4 fully saturated rings. The first-order chi connectivity index (χ1) is 30.8. The van der Waals surface area contributed by atoms with Crippen LogP contribution in [0, 0.1) is 28.6 Å². The first-order valence-electron chi connectivity index (χ1n) is 22.5. The van der Waals surface area contributed by atoms with Gasteiger partial charge in [-0.25, -0.2) is 0 Å². The number of carbonyl (C=O) groups is 1. The molecule has 372 valence electrons. The summed E-state index contributed by atoms with van der Waals surface area (Å²) in [6, 6.07) is 15.7. The molecule has 18 atom stereocenters. The molecule has 1 heterocycles. The lowest BCUT2D eigenvalue weighted by molar-refractivity contribution is -0.397. The lowest BCUT2D eigenvalue weighted by atomic mass is 9.42. The number of aliphatic hydroxyl groups excluding tert-OH is 8. The van der Waals surface area contributed by atoms with Crippen molar-refractivity contribution in [2.24, 2.45) is 28.6 Å². The highest BCUT2D eigenvalue weighted by Gasteiger charge is 2.78. The number of rotatable bonds is 18. The van der Waals surface area contributed by atoms with Gasteiger partial charge in [0.1, 0.15) is 12.2 Å². The molecule has 0 spiro atoms. The molecule has 4 aliphatic rings. The van der Waals surface area contributed by atoms with Crippen molar-refractivity contribution in [3.8, 4) is 0 Å². The van der Waals surface area contributed by atoms with Crippen LogP contribution in [0.5, 0.6) is 0 Å². The molecular weight excluding hydrogens is 883 g/mol. The maximum absolute atomic E-state index is 13.8. The molecule has 2 aromatic carbocycles. The SMILES string of the molecule is CC(=O)O[C@@]12COC1CC(O)C1(C)C(O)C(O)C3C(C)[C@@H](OC(O)[C@H](OC(O)CSCC(O)O)[C@@H](NC(O)OC(C)(C)C)c4ccccc4)CC(O)([C@@H](OC(O)c4ccccc4)[C@@H]12)C3(C)C. The molecule has 12 unspecified atom stereocenters. The average molecular weight is 954 g/mol. The van der Waals surface area contributed by atoms with E-state index in [1.807, 2.05) is 0 Å². The molecule has 2 aromatic rings. The lowest BCUT2D eigenvalue weighted by Gasteiger charge is -2.71. The third-order valence-electron chi connectivity index (χ3n) is 14.5. The number of carbonyl (C=O) groups excluding carboxylic acids is 1. The van der Waals surface area contributed by atoms with Crippen LogP contribution in [0.15, 0.2) is 60.7 Å². The molecule has 0 aromatic heterocycles. The Morgan fingerprint density at radius 1 is 0.909 bits per heavy atom. The fourth-order valence-electron chi connectivity index (χ4n) is 11.3. The van der Waals surface area contributed by atoms with Gasteiger partial charge in [-0.3, -0.25) is 10.1 Å². The second-order valence-electron chi connectivity index (χ2n) is 20.2. The van der Waals surface area contributed by atoms with Crippen LogP contribution in [0.25, 0.3) is 0 Å². The van der Waals surface area contributed by atoms with Gasteiger partial charge in [0, 0.05) is 59.5 Å². The topological polar surface area (TPSA) is 287 Å². The Labute approximate surface area is 390 Å². The first kappa shape index (κ1) is 53.0. The zero-order valence-electron chi connectivity index (χ0n) is 38.8. The van der Waals surface area contributed by atoms with Gasteiger partial charge in [-0.15, -0.1) is 0 Å². The number of thioether (sulfide) groups is 1. The van der Waals surface area contributed by atoms with Gasteiger partial charge in [0.25, 0.3) is 0 Å². The van der Waals surface area contributed by atoms with E-state index in [4.69, 9.17) is 28.4 Å². The summed E-state index contributed by atoms with van der Waals surface area (Å²) in [6.07, 6.45) is -19.4. The Bertz CT molecular complexity index is 1890. The van der Waals surface area contributed by atoms with Crippen LogP contribution in [0.1, 0.15) is 91.7 Å². The van der Waals surface area contributed by atoms with E-state index in [0.717, 1.165) is 11.8 Å². The highest BCUT2D eigenvalue weighted by Crippen LogP contribution is 2.66. The minimum atomic E-state index is -2.22. The highest BCUT2D eigenvalue weighted by atomic mass is 32.2. The molecule has 11 N–H and O–H groups in total. The number of esters is 1. The predicted octanol–water partition coefficient (Wildman–Crippen LogP) is 1.17. The van der Waals surface area contributed by atoms with Gasteiger partial charge in [0.2, 0.25) is 6.41 Å². The minimum Gasteiger partial charge on any atom is -0.454 e. The van der Waals surface area contributed by atoms with Crippen LogP contribution in [-0.2, 0) is 33.2 Å². The van der Waals surface area contributed by atoms with Gasteiger partial charge < -0.3 is 79.5 Å².